The van der Waals surface area contributed by atoms with Crippen LogP contribution in [0.3, 0.4) is 0 Å². The molecular weight excluding hydrogens is 326 g/mol. The zero-order valence-electron chi connectivity index (χ0n) is 12.1. The van der Waals surface area contributed by atoms with E-state index in [2.05, 4.69) is 41.3 Å². The quantitative estimate of drug-likeness (QED) is 0.891. The molecule has 0 saturated carbocycles. The van der Waals surface area contributed by atoms with Gasteiger partial charge in [0.05, 0.1) is 0 Å². The number of nitrogens with zero attached hydrogens (tertiary/aromatic N) is 1. The zero-order chi connectivity index (χ0) is 13.8. The topological polar surface area (TPSA) is 23.5 Å². The van der Waals surface area contributed by atoms with E-state index in [4.69, 9.17) is 0 Å². The van der Waals surface area contributed by atoms with Crippen molar-refractivity contribution in [1.29, 1.82) is 0 Å². The van der Waals surface area contributed by atoms with Gasteiger partial charge in [0.2, 0.25) is 0 Å². The SMILES string of the molecule is Br.Oc1cccc(C2CCCN(Cc3ccccc3)C2)c1. The van der Waals surface area contributed by atoms with E-state index < -0.39 is 0 Å². The molecule has 0 aromatic heterocycles. The molecule has 0 aliphatic carbocycles. The third kappa shape index (κ3) is 4.32. The smallest absolute Gasteiger partial charge is 0.115 e. The van der Waals surface area contributed by atoms with Crippen molar-refractivity contribution in [3.8, 4) is 5.75 Å². The molecule has 1 unspecified atom stereocenters. The zero-order valence-corrected chi connectivity index (χ0v) is 13.8. The number of phenols is 1. The highest BCUT2D eigenvalue weighted by molar-refractivity contribution is 8.93. The van der Waals surface area contributed by atoms with E-state index >= 15 is 0 Å². The summed E-state index contributed by atoms with van der Waals surface area (Å²) in [6.07, 6.45) is 2.45. The van der Waals surface area contributed by atoms with Crippen molar-refractivity contribution < 1.29 is 5.11 Å². The Hall–Kier alpha value is -1.32. The second kappa shape index (κ2) is 7.62. The summed E-state index contributed by atoms with van der Waals surface area (Å²) >= 11 is 0. The summed E-state index contributed by atoms with van der Waals surface area (Å²) in [5.41, 5.74) is 2.65. The van der Waals surface area contributed by atoms with Gasteiger partial charge in [-0.15, -0.1) is 17.0 Å². The average Bonchev–Trinajstić information content (AvgIpc) is 2.49. The summed E-state index contributed by atoms with van der Waals surface area (Å²) in [6.45, 7) is 3.28. The van der Waals surface area contributed by atoms with E-state index in [1.807, 2.05) is 12.1 Å². The van der Waals surface area contributed by atoms with Crippen molar-refractivity contribution in [3.63, 3.8) is 0 Å². The molecule has 0 amide bonds. The Morgan fingerprint density at radius 2 is 1.86 bits per heavy atom. The highest BCUT2D eigenvalue weighted by atomic mass is 79.9. The lowest BCUT2D eigenvalue weighted by molar-refractivity contribution is 0.200. The molecule has 1 saturated heterocycles. The van der Waals surface area contributed by atoms with E-state index in [1.54, 1.807) is 6.07 Å². The molecule has 21 heavy (non-hydrogen) atoms. The van der Waals surface area contributed by atoms with Crippen molar-refractivity contribution in [2.45, 2.75) is 25.3 Å². The molecule has 3 rings (SSSR count). The first kappa shape index (κ1) is 16.1. The fourth-order valence-electron chi connectivity index (χ4n) is 3.09. The molecule has 0 spiro atoms. The molecule has 112 valence electrons. The number of phenolic OH excluding ortho intramolecular Hbond substituents is 1. The van der Waals surface area contributed by atoms with Crippen LogP contribution in [0.4, 0.5) is 0 Å². The minimum absolute atomic E-state index is 0. The molecule has 3 heteroatoms. The molecule has 0 bridgehead atoms. The predicted octanol–water partition coefficient (Wildman–Crippen LogP) is 4.35. The molecule has 1 aliphatic rings. The van der Waals surface area contributed by atoms with Gasteiger partial charge in [-0.3, -0.25) is 4.90 Å². The van der Waals surface area contributed by atoms with Gasteiger partial charge in [-0.2, -0.15) is 0 Å². The van der Waals surface area contributed by atoms with Crippen LogP contribution in [-0.4, -0.2) is 23.1 Å². The number of halogens is 1. The minimum Gasteiger partial charge on any atom is -0.508 e. The average molecular weight is 348 g/mol. The summed E-state index contributed by atoms with van der Waals surface area (Å²) in [5.74, 6) is 0.919. The predicted molar refractivity (Wildman–Crippen MR) is 92.1 cm³/mol. The standard InChI is InChI=1S/C18H21NO.BrH/c20-18-10-4-8-16(12-18)17-9-5-11-19(14-17)13-15-6-2-1-3-7-15;/h1-4,6-8,10,12,17,20H,5,9,11,13-14H2;1H. The third-order valence-corrected chi connectivity index (χ3v) is 4.10. The Morgan fingerprint density at radius 1 is 1.05 bits per heavy atom. The van der Waals surface area contributed by atoms with Crippen molar-refractivity contribution >= 4 is 17.0 Å². The van der Waals surface area contributed by atoms with Crippen molar-refractivity contribution in [2.75, 3.05) is 13.1 Å². The number of benzene rings is 2. The lowest BCUT2D eigenvalue weighted by atomic mass is 9.90. The minimum atomic E-state index is 0. The summed E-state index contributed by atoms with van der Waals surface area (Å²) in [4.78, 5) is 2.52. The van der Waals surface area contributed by atoms with Crippen LogP contribution in [0.25, 0.3) is 0 Å². The van der Waals surface area contributed by atoms with Gasteiger partial charge in [-0.05, 0) is 48.6 Å². The van der Waals surface area contributed by atoms with Crippen LogP contribution in [0.15, 0.2) is 54.6 Å². The first-order valence-corrected chi connectivity index (χ1v) is 7.36. The summed E-state index contributed by atoms with van der Waals surface area (Å²) in [6, 6.07) is 18.4. The van der Waals surface area contributed by atoms with Gasteiger partial charge in [0, 0.05) is 13.1 Å². The molecule has 2 aromatic carbocycles. The van der Waals surface area contributed by atoms with E-state index in [-0.39, 0.29) is 17.0 Å². The fourth-order valence-corrected chi connectivity index (χ4v) is 3.09. The lowest BCUT2D eigenvalue weighted by Crippen LogP contribution is -2.33. The van der Waals surface area contributed by atoms with Crippen LogP contribution in [0, 0.1) is 0 Å². The molecule has 1 aliphatic heterocycles. The van der Waals surface area contributed by atoms with Gasteiger partial charge in [-0.1, -0.05) is 42.5 Å². The van der Waals surface area contributed by atoms with E-state index in [0.717, 1.165) is 13.1 Å². The Kier molecular flexibility index (Phi) is 5.83. The summed E-state index contributed by atoms with van der Waals surface area (Å²) < 4.78 is 0. The van der Waals surface area contributed by atoms with Crippen LogP contribution in [0.2, 0.25) is 0 Å². The van der Waals surface area contributed by atoms with Crippen molar-refractivity contribution in [1.82, 2.24) is 4.90 Å². The van der Waals surface area contributed by atoms with Crippen LogP contribution >= 0.6 is 17.0 Å². The molecular formula is C18H22BrNO. The first-order chi connectivity index (χ1) is 9.81. The number of likely N-dealkylation sites (tertiary alicyclic amines) is 1. The van der Waals surface area contributed by atoms with Crippen LogP contribution in [0.5, 0.6) is 5.75 Å². The number of rotatable bonds is 3. The Balaban J connectivity index is 0.00000161. The largest absolute Gasteiger partial charge is 0.508 e. The van der Waals surface area contributed by atoms with Crippen LogP contribution in [-0.2, 0) is 6.54 Å². The first-order valence-electron chi connectivity index (χ1n) is 7.36. The molecule has 0 radical (unpaired) electrons. The molecule has 1 atom stereocenters. The number of aromatic hydroxyl groups is 1. The van der Waals surface area contributed by atoms with Gasteiger partial charge in [0.1, 0.15) is 5.75 Å². The molecule has 2 nitrogen and oxygen atoms in total. The lowest BCUT2D eigenvalue weighted by Gasteiger charge is -2.33. The second-order valence-electron chi connectivity index (χ2n) is 5.65. The highest BCUT2D eigenvalue weighted by Gasteiger charge is 2.21. The third-order valence-electron chi connectivity index (χ3n) is 4.10. The second-order valence-corrected chi connectivity index (χ2v) is 5.65. The molecule has 1 fully saturated rings. The van der Waals surface area contributed by atoms with E-state index in [1.165, 1.54) is 30.5 Å². The number of hydrogen-bond donors (Lipinski definition) is 1. The maximum absolute atomic E-state index is 9.63. The van der Waals surface area contributed by atoms with Gasteiger partial charge < -0.3 is 5.11 Å². The monoisotopic (exact) mass is 347 g/mol. The molecule has 1 N–H and O–H groups in total. The summed E-state index contributed by atoms with van der Waals surface area (Å²) in [5, 5.41) is 9.63. The van der Waals surface area contributed by atoms with Gasteiger partial charge >= 0.3 is 0 Å². The van der Waals surface area contributed by atoms with Crippen LogP contribution < -0.4 is 0 Å². The Labute approximate surface area is 137 Å². The number of hydrogen-bond acceptors (Lipinski definition) is 2. The van der Waals surface area contributed by atoms with Crippen molar-refractivity contribution in [2.24, 2.45) is 0 Å². The normalized spacial score (nSPS) is 19.0. The fraction of sp³-hybridized carbons (Fsp3) is 0.333. The van der Waals surface area contributed by atoms with Gasteiger partial charge in [0.25, 0.3) is 0 Å². The van der Waals surface area contributed by atoms with Gasteiger partial charge in [0.15, 0.2) is 0 Å². The van der Waals surface area contributed by atoms with E-state index in [9.17, 15) is 5.11 Å². The Bertz CT molecular complexity index is 558. The number of piperidine rings is 1. The molecule has 1 heterocycles. The maximum atomic E-state index is 9.63. The van der Waals surface area contributed by atoms with E-state index in [0.29, 0.717) is 11.7 Å². The highest BCUT2D eigenvalue weighted by Crippen LogP contribution is 2.29. The molecule has 2 aromatic rings. The van der Waals surface area contributed by atoms with Gasteiger partial charge in [-0.25, -0.2) is 0 Å². The summed E-state index contributed by atoms with van der Waals surface area (Å²) in [7, 11) is 0. The Morgan fingerprint density at radius 3 is 2.62 bits per heavy atom. The van der Waals surface area contributed by atoms with Crippen LogP contribution in [0.1, 0.15) is 29.9 Å². The maximum Gasteiger partial charge on any atom is 0.115 e. The van der Waals surface area contributed by atoms with Crippen molar-refractivity contribution in [3.05, 3.63) is 65.7 Å².